The van der Waals surface area contributed by atoms with Crippen molar-refractivity contribution in [3.05, 3.63) is 24.2 Å². The number of hydrazine groups is 1. The van der Waals surface area contributed by atoms with Crippen molar-refractivity contribution in [2.24, 2.45) is 5.84 Å². The SMILES string of the molecule is CC[C@](C)(NCc1ccco1)C(=O)NN. The molecular formula is C10H17N3O2. The van der Waals surface area contributed by atoms with Gasteiger partial charge in [-0.3, -0.25) is 15.5 Å². The van der Waals surface area contributed by atoms with Gasteiger partial charge in [0.2, 0.25) is 0 Å². The first kappa shape index (κ1) is 11.7. The summed E-state index contributed by atoms with van der Waals surface area (Å²) in [6.45, 7) is 4.23. The third-order valence-electron chi connectivity index (χ3n) is 2.57. The van der Waals surface area contributed by atoms with Gasteiger partial charge in [0.1, 0.15) is 5.76 Å². The molecule has 1 aromatic rings. The van der Waals surface area contributed by atoms with E-state index in [2.05, 4.69) is 10.7 Å². The Labute approximate surface area is 89.0 Å². The monoisotopic (exact) mass is 211 g/mol. The molecule has 1 heterocycles. The second kappa shape index (κ2) is 4.95. The molecule has 5 nitrogen and oxygen atoms in total. The van der Waals surface area contributed by atoms with Crippen LogP contribution in [0, 0.1) is 0 Å². The third-order valence-corrected chi connectivity index (χ3v) is 2.57. The van der Waals surface area contributed by atoms with Gasteiger partial charge in [0.15, 0.2) is 0 Å². The van der Waals surface area contributed by atoms with Crippen LogP contribution in [0.1, 0.15) is 26.0 Å². The van der Waals surface area contributed by atoms with Crippen molar-refractivity contribution >= 4 is 5.91 Å². The maximum Gasteiger partial charge on any atom is 0.253 e. The Bertz CT molecular complexity index is 310. The van der Waals surface area contributed by atoms with Crippen LogP contribution in [0.4, 0.5) is 0 Å². The smallest absolute Gasteiger partial charge is 0.253 e. The Morgan fingerprint density at radius 1 is 1.67 bits per heavy atom. The molecule has 0 fully saturated rings. The van der Waals surface area contributed by atoms with Crippen LogP contribution in [-0.2, 0) is 11.3 Å². The number of nitrogens with two attached hydrogens (primary N) is 1. The quantitative estimate of drug-likeness (QED) is 0.377. The average molecular weight is 211 g/mol. The van der Waals surface area contributed by atoms with Crippen molar-refractivity contribution in [3.63, 3.8) is 0 Å². The Morgan fingerprint density at radius 3 is 2.87 bits per heavy atom. The van der Waals surface area contributed by atoms with Gasteiger partial charge in [0.05, 0.1) is 18.3 Å². The second-order valence-electron chi connectivity index (χ2n) is 3.59. The van der Waals surface area contributed by atoms with Crippen molar-refractivity contribution in [3.8, 4) is 0 Å². The molecule has 1 rings (SSSR count). The molecule has 5 heteroatoms. The average Bonchev–Trinajstić information content (AvgIpc) is 2.77. The molecule has 0 unspecified atom stereocenters. The summed E-state index contributed by atoms with van der Waals surface area (Å²) in [7, 11) is 0. The van der Waals surface area contributed by atoms with E-state index in [4.69, 9.17) is 10.3 Å². The lowest BCUT2D eigenvalue weighted by Gasteiger charge is -2.26. The first-order chi connectivity index (χ1) is 7.12. The van der Waals surface area contributed by atoms with Crippen molar-refractivity contribution < 1.29 is 9.21 Å². The van der Waals surface area contributed by atoms with Crippen LogP contribution in [0.15, 0.2) is 22.8 Å². The number of amides is 1. The van der Waals surface area contributed by atoms with Gasteiger partial charge in [-0.1, -0.05) is 6.92 Å². The molecule has 0 spiro atoms. The molecule has 1 aromatic heterocycles. The van der Waals surface area contributed by atoms with E-state index in [1.54, 1.807) is 13.2 Å². The van der Waals surface area contributed by atoms with Crippen LogP contribution in [-0.4, -0.2) is 11.4 Å². The lowest BCUT2D eigenvalue weighted by Crippen LogP contribution is -2.55. The molecule has 0 aliphatic heterocycles. The van der Waals surface area contributed by atoms with Gasteiger partial charge in [-0.15, -0.1) is 0 Å². The largest absolute Gasteiger partial charge is 0.468 e. The molecule has 15 heavy (non-hydrogen) atoms. The van der Waals surface area contributed by atoms with Crippen LogP contribution in [0.3, 0.4) is 0 Å². The van der Waals surface area contributed by atoms with Crippen LogP contribution in [0.5, 0.6) is 0 Å². The van der Waals surface area contributed by atoms with E-state index in [1.807, 2.05) is 19.1 Å². The van der Waals surface area contributed by atoms with Crippen molar-refractivity contribution in [2.45, 2.75) is 32.4 Å². The molecule has 0 radical (unpaired) electrons. The van der Waals surface area contributed by atoms with Gasteiger partial charge < -0.3 is 4.42 Å². The Hall–Kier alpha value is -1.33. The lowest BCUT2D eigenvalue weighted by molar-refractivity contribution is -0.127. The van der Waals surface area contributed by atoms with Gasteiger partial charge in [0.25, 0.3) is 5.91 Å². The fraction of sp³-hybridized carbons (Fsp3) is 0.500. The lowest BCUT2D eigenvalue weighted by atomic mass is 9.98. The summed E-state index contributed by atoms with van der Waals surface area (Å²) in [5.74, 6) is 5.69. The first-order valence-electron chi connectivity index (χ1n) is 4.91. The number of carbonyl (C=O) groups is 1. The van der Waals surface area contributed by atoms with Crippen molar-refractivity contribution in [1.82, 2.24) is 10.7 Å². The van der Waals surface area contributed by atoms with Gasteiger partial charge in [0, 0.05) is 0 Å². The summed E-state index contributed by atoms with van der Waals surface area (Å²) in [6.07, 6.45) is 2.25. The summed E-state index contributed by atoms with van der Waals surface area (Å²) >= 11 is 0. The maximum absolute atomic E-state index is 11.5. The summed E-state index contributed by atoms with van der Waals surface area (Å²) in [5.41, 5.74) is 1.49. The van der Waals surface area contributed by atoms with Crippen LogP contribution in [0.2, 0.25) is 0 Å². The molecule has 0 saturated carbocycles. The zero-order valence-electron chi connectivity index (χ0n) is 9.04. The predicted molar refractivity (Wildman–Crippen MR) is 56.6 cm³/mol. The summed E-state index contributed by atoms with van der Waals surface area (Å²) in [4.78, 5) is 11.5. The molecule has 1 amide bonds. The fourth-order valence-corrected chi connectivity index (χ4v) is 1.22. The topological polar surface area (TPSA) is 80.3 Å². The van der Waals surface area contributed by atoms with E-state index in [0.717, 1.165) is 5.76 Å². The minimum atomic E-state index is -0.665. The molecule has 0 aliphatic carbocycles. The van der Waals surface area contributed by atoms with E-state index in [0.29, 0.717) is 13.0 Å². The normalized spacial score (nSPS) is 14.6. The van der Waals surface area contributed by atoms with E-state index >= 15 is 0 Å². The first-order valence-corrected chi connectivity index (χ1v) is 4.91. The summed E-state index contributed by atoms with van der Waals surface area (Å²) < 4.78 is 5.16. The van der Waals surface area contributed by atoms with Crippen LogP contribution in [0.25, 0.3) is 0 Å². The molecule has 0 bridgehead atoms. The van der Waals surface area contributed by atoms with Gasteiger partial charge in [-0.2, -0.15) is 0 Å². The highest BCUT2D eigenvalue weighted by Gasteiger charge is 2.30. The minimum absolute atomic E-state index is 0.225. The Kier molecular flexibility index (Phi) is 3.88. The molecular weight excluding hydrogens is 194 g/mol. The highest BCUT2D eigenvalue weighted by atomic mass is 16.3. The fourth-order valence-electron chi connectivity index (χ4n) is 1.22. The highest BCUT2D eigenvalue weighted by molar-refractivity contribution is 5.85. The summed E-state index contributed by atoms with van der Waals surface area (Å²) in [5, 5.41) is 3.11. The number of hydrogen-bond acceptors (Lipinski definition) is 4. The van der Waals surface area contributed by atoms with Crippen LogP contribution < -0.4 is 16.6 Å². The second-order valence-corrected chi connectivity index (χ2v) is 3.59. The summed E-state index contributed by atoms with van der Waals surface area (Å²) in [6, 6.07) is 3.66. The predicted octanol–water partition coefficient (Wildman–Crippen LogP) is 0.528. The zero-order valence-corrected chi connectivity index (χ0v) is 9.04. The van der Waals surface area contributed by atoms with E-state index < -0.39 is 5.54 Å². The van der Waals surface area contributed by atoms with E-state index in [1.165, 1.54) is 0 Å². The number of furan rings is 1. The van der Waals surface area contributed by atoms with E-state index in [-0.39, 0.29) is 5.91 Å². The van der Waals surface area contributed by atoms with Crippen molar-refractivity contribution in [2.75, 3.05) is 0 Å². The number of nitrogens with one attached hydrogen (secondary N) is 2. The standard InChI is InChI=1S/C10H17N3O2/c1-3-10(2,9(14)13-11)12-7-8-5-4-6-15-8/h4-6,12H,3,7,11H2,1-2H3,(H,13,14)/t10-/m0/s1. The molecule has 0 aliphatic rings. The zero-order chi connectivity index (χ0) is 11.3. The van der Waals surface area contributed by atoms with E-state index in [9.17, 15) is 4.79 Å². The number of hydrogen-bond donors (Lipinski definition) is 3. The van der Waals surface area contributed by atoms with Crippen LogP contribution >= 0.6 is 0 Å². The number of carbonyl (C=O) groups excluding carboxylic acids is 1. The number of rotatable bonds is 5. The van der Waals surface area contributed by atoms with Gasteiger partial charge >= 0.3 is 0 Å². The highest BCUT2D eigenvalue weighted by Crippen LogP contribution is 2.10. The molecule has 84 valence electrons. The van der Waals surface area contributed by atoms with Gasteiger partial charge in [-0.05, 0) is 25.5 Å². The molecule has 1 atom stereocenters. The Balaban J connectivity index is 2.57. The molecule has 0 saturated heterocycles. The third kappa shape index (κ3) is 2.81. The Morgan fingerprint density at radius 2 is 2.40 bits per heavy atom. The molecule has 0 aromatic carbocycles. The molecule has 4 N–H and O–H groups in total. The maximum atomic E-state index is 11.5. The van der Waals surface area contributed by atoms with Crippen molar-refractivity contribution in [1.29, 1.82) is 0 Å². The van der Waals surface area contributed by atoms with Gasteiger partial charge in [-0.25, -0.2) is 5.84 Å². The minimum Gasteiger partial charge on any atom is -0.468 e.